The second-order valence-corrected chi connectivity index (χ2v) is 8.29. The first-order valence-electron chi connectivity index (χ1n) is 10.2. The second-order valence-electron chi connectivity index (χ2n) is 8.29. The standard InChI is InChI=1S/C23H21FN8O/c1-23(2,33)21(14-3-5-17(24)6-4-14)32-13-16(10-27-32)19-12-26-11-18(28-19)15-7-8-31-20(9-15)29-22(25)30-31/h3-13,21,33H,1-2H3,(H2,25,30). The summed E-state index contributed by atoms with van der Waals surface area (Å²) in [7, 11) is 0. The number of hydrogen-bond donors (Lipinski definition) is 2. The zero-order valence-corrected chi connectivity index (χ0v) is 18.0. The van der Waals surface area contributed by atoms with Crippen LogP contribution in [0.25, 0.3) is 28.2 Å². The Kier molecular flexibility index (Phi) is 4.86. The molecule has 4 aromatic heterocycles. The van der Waals surface area contributed by atoms with Crippen LogP contribution in [0.1, 0.15) is 25.5 Å². The van der Waals surface area contributed by atoms with E-state index in [4.69, 9.17) is 10.7 Å². The van der Waals surface area contributed by atoms with E-state index in [-0.39, 0.29) is 11.8 Å². The Bertz CT molecular complexity index is 1440. The summed E-state index contributed by atoms with van der Waals surface area (Å²) in [6.07, 6.45) is 8.53. The molecule has 0 aliphatic rings. The van der Waals surface area contributed by atoms with Crippen LogP contribution in [0.3, 0.4) is 0 Å². The lowest BCUT2D eigenvalue weighted by Crippen LogP contribution is -2.34. The van der Waals surface area contributed by atoms with Gasteiger partial charge in [0.1, 0.15) is 11.9 Å². The summed E-state index contributed by atoms with van der Waals surface area (Å²) in [5.74, 6) is -0.143. The number of rotatable bonds is 5. The molecule has 10 heteroatoms. The summed E-state index contributed by atoms with van der Waals surface area (Å²) in [5.41, 5.74) is 8.69. The van der Waals surface area contributed by atoms with E-state index in [9.17, 15) is 9.50 Å². The fourth-order valence-corrected chi connectivity index (χ4v) is 3.84. The summed E-state index contributed by atoms with van der Waals surface area (Å²) in [6, 6.07) is 9.20. The predicted molar refractivity (Wildman–Crippen MR) is 120 cm³/mol. The molecule has 1 aromatic carbocycles. The van der Waals surface area contributed by atoms with Crippen molar-refractivity contribution in [2.24, 2.45) is 0 Å². The van der Waals surface area contributed by atoms with Gasteiger partial charge in [-0.05, 0) is 43.7 Å². The monoisotopic (exact) mass is 444 g/mol. The van der Waals surface area contributed by atoms with E-state index in [0.29, 0.717) is 17.0 Å². The van der Waals surface area contributed by atoms with Crippen molar-refractivity contribution in [1.82, 2.24) is 34.3 Å². The molecule has 0 spiro atoms. The van der Waals surface area contributed by atoms with Crippen molar-refractivity contribution in [2.45, 2.75) is 25.5 Å². The van der Waals surface area contributed by atoms with Crippen LogP contribution in [-0.2, 0) is 0 Å². The Balaban J connectivity index is 1.50. The van der Waals surface area contributed by atoms with Gasteiger partial charge in [-0.2, -0.15) is 10.1 Å². The van der Waals surface area contributed by atoms with Gasteiger partial charge in [-0.25, -0.2) is 13.9 Å². The van der Waals surface area contributed by atoms with Crippen LogP contribution in [0.15, 0.2) is 67.4 Å². The van der Waals surface area contributed by atoms with Gasteiger partial charge in [0.2, 0.25) is 5.95 Å². The Morgan fingerprint density at radius 3 is 2.45 bits per heavy atom. The highest BCUT2D eigenvalue weighted by Crippen LogP contribution is 2.31. The molecule has 9 nitrogen and oxygen atoms in total. The summed E-state index contributed by atoms with van der Waals surface area (Å²) in [6.45, 7) is 3.38. The Labute approximate surface area is 188 Å². The minimum Gasteiger partial charge on any atom is -0.388 e. The molecule has 0 bridgehead atoms. The molecule has 0 saturated heterocycles. The molecule has 1 atom stereocenters. The third kappa shape index (κ3) is 4.03. The molecule has 0 radical (unpaired) electrons. The largest absolute Gasteiger partial charge is 0.388 e. The predicted octanol–water partition coefficient (Wildman–Crippen LogP) is 3.13. The van der Waals surface area contributed by atoms with Crippen LogP contribution in [0.2, 0.25) is 0 Å². The minimum atomic E-state index is -1.15. The number of hydrogen-bond acceptors (Lipinski definition) is 7. The molecule has 1 unspecified atom stereocenters. The molecule has 4 heterocycles. The third-order valence-corrected chi connectivity index (χ3v) is 5.30. The van der Waals surface area contributed by atoms with Crippen molar-refractivity contribution in [3.05, 3.63) is 78.8 Å². The SMILES string of the molecule is CC(C)(O)C(c1ccc(F)cc1)n1cc(-c2cncc(-c3ccn4nc(N)nc4c3)n2)cn1. The lowest BCUT2D eigenvalue weighted by atomic mass is 9.92. The minimum absolute atomic E-state index is 0.196. The fraction of sp³-hybridized carbons (Fsp3) is 0.174. The number of nitrogens with zero attached hydrogens (tertiary/aromatic N) is 7. The average molecular weight is 444 g/mol. The van der Waals surface area contributed by atoms with Crippen LogP contribution in [0, 0.1) is 5.82 Å². The number of benzene rings is 1. The number of anilines is 1. The molecule has 0 fully saturated rings. The number of halogens is 1. The summed E-state index contributed by atoms with van der Waals surface area (Å²) in [4.78, 5) is 13.2. The van der Waals surface area contributed by atoms with E-state index in [1.807, 2.05) is 12.1 Å². The molecule has 5 aromatic rings. The molecule has 166 valence electrons. The van der Waals surface area contributed by atoms with Crippen molar-refractivity contribution in [1.29, 1.82) is 0 Å². The van der Waals surface area contributed by atoms with Gasteiger partial charge in [0.25, 0.3) is 0 Å². The maximum atomic E-state index is 13.4. The second kappa shape index (κ2) is 7.75. The Morgan fingerprint density at radius 1 is 1.00 bits per heavy atom. The molecular weight excluding hydrogens is 423 g/mol. The van der Waals surface area contributed by atoms with E-state index >= 15 is 0 Å². The number of nitrogens with two attached hydrogens (primary N) is 1. The number of aliphatic hydroxyl groups is 1. The van der Waals surface area contributed by atoms with Crippen molar-refractivity contribution >= 4 is 11.6 Å². The van der Waals surface area contributed by atoms with Crippen molar-refractivity contribution in [3.8, 4) is 22.5 Å². The van der Waals surface area contributed by atoms with E-state index < -0.39 is 11.6 Å². The van der Waals surface area contributed by atoms with Gasteiger partial charge in [0.05, 0.1) is 35.6 Å². The number of fused-ring (bicyclic) bond motifs is 1. The first kappa shape index (κ1) is 20.7. The van der Waals surface area contributed by atoms with Crippen molar-refractivity contribution < 1.29 is 9.50 Å². The molecule has 0 aliphatic heterocycles. The number of aromatic nitrogens is 7. The topological polar surface area (TPSA) is 120 Å². The van der Waals surface area contributed by atoms with Crippen molar-refractivity contribution in [3.63, 3.8) is 0 Å². The maximum Gasteiger partial charge on any atom is 0.240 e. The first-order valence-corrected chi connectivity index (χ1v) is 10.2. The van der Waals surface area contributed by atoms with Gasteiger partial charge >= 0.3 is 0 Å². The van der Waals surface area contributed by atoms with E-state index in [1.54, 1.807) is 66.2 Å². The number of nitrogen functional groups attached to an aromatic ring is 1. The van der Waals surface area contributed by atoms with Gasteiger partial charge < -0.3 is 10.8 Å². The summed E-state index contributed by atoms with van der Waals surface area (Å²) in [5, 5.41) is 19.4. The summed E-state index contributed by atoms with van der Waals surface area (Å²) < 4.78 is 16.7. The average Bonchev–Trinajstić information content (AvgIpc) is 3.40. The van der Waals surface area contributed by atoms with Crippen LogP contribution in [0.5, 0.6) is 0 Å². The van der Waals surface area contributed by atoms with E-state index in [1.165, 1.54) is 12.1 Å². The summed E-state index contributed by atoms with van der Waals surface area (Å²) >= 11 is 0. The van der Waals surface area contributed by atoms with Crippen LogP contribution in [0.4, 0.5) is 10.3 Å². The lowest BCUT2D eigenvalue weighted by Gasteiger charge is -2.30. The molecule has 3 N–H and O–H groups in total. The van der Waals surface area contributed by atoms with Crippen LogP contribution >= 0.6 is 0 Å². The lowest BCUT2D eigenvalue weighted by molar-refractivity contribution is 0.0345. The Morgan fingerprint density at radius 2 is 1.73 bits per heavy atom. The molecular formula is C23H21FN8O. The normalized spacial score (nSPS) is 12.8. The highest BCUT2D eigenvalue weighted by atomic mass is 19.1. The van der Waals surface area contributed by atoms with E-state index in [2.05, 4.69) is 20.2 Å². The van der Waals surface area contributed by atoms with Gasteiger partial charge in [-0.3, -0.25) is 9.67 Å². The quantitative estimate of drug-likeness (QED) is 0.427. The maximum absolute atomic E-state index is 13.4. The van der Waals surface area contributed by atoms with Gasteiger partial charge in [-0.1, -0.05) is 12.1 Å². The molecule has 5 rings (SSSR count). The highest BCUT2D eigenvalue weighted by molar-refractivity contribution is 5.67. The molecule has 33 heavy (non-hydrogen) atoms. The number of pyridine rings is 1. The molecule has 0 aliphatic carbocycles. The molecule has 0 amide bonds. The first-order chi connectivity index (χ1) is 15.8. The van der Waals surface area contributed by atoms with Gasteiger partial charge in [0.15, 0.2) is 5.65 Å². The third-order valence-electron chi connectivity index (χ3n) is 5.30. The van der Waals surface area contributed by atoms with Gasteiger partial charge in [-0.15, -0.1) is 5.10 Å². The van der Waals surface area contributed by atoms with Crippen molar-refractivity contribution in [2.75, 3.05) is 5.73 Å². The smallest absolute Gasteiger partial charge is 0.240 e. The highest BCUT2D eigenvalue weighted by Gasteiger charge is 2.31. The van der Waals surface area contributed by atoms with Crippen LogP contribution in [-0.4, -0.2) is 45.1 Å². The molecule has 0 saturated carbocycles. The zero-order chi connectivity index (χ0) is 23.2. The van der Waals surface area contributed by atoms with Gasteiger partial charge in [0, 0.05) is 23.5 Å². The van der Waals surface area contributed by atoms with E-state index in [0.717, 1.165) is 16.7 Å². The van der Waals surface area contributed by atoms with Crippen LogP contribution < -0.4 is 5.73 Å². The fourth-order valence-electron chi connectivity index (χ4n) is 3.84. The Hall–Kier alpha value is -4.18. The zero-order valence-electron chi connectivity index (χ0n) is 18.0.